The van der Waals surface area contributed by atoms with E-state index in [1.54, 1.807) is 0 Å². The summed E-state index contributed by atoms with van der Waals surface area (Å²) < 4.78 is 10.4. The fourth-order valence-corrected chi connectivity index (χ4v) is 2.30. The van der Waals surface area contributed by atoms with Crippen LogP contribution < -0.4 is 0 Å². The van der Waals surface area contributed by atoms with Gasteiger partial charge in [0, 0.05) is 21.8 Å². The lowest BCUT2D eigenvalue weighted by atomic mass is 9.85. The van der Waals surface area contributed by atoms with E-state index in [1.807, 2.05) is 6.92 Å². The third-order valence-corrected chi connectivity index (χ3v) is 2.94. The maximum absolute atomic E-state index is 11.2. The van der Waals surface area contributed by atoms with E-state index in [1.165, 1.54) is 0 Å². The third kappa shape index (κ3) is 3.25. The molecule has 0 aromatic heterocycles. The summed E-state index contributed by atoms with van der Waals surface area (Å²) in [6, 6.07) is 0. The highest BCUT2D eigenvalue weighted by atomic mass is 31.0. The SMILES string of the molecule is B[C@H]1C[C@@H](COP)[C@@H](OC(=O)CC)C1. The van der Waals surface area contributed by atoms with E-state index in [0.717, 1.165) is 12.8 Å². The van der Waals surface area contributed by atoms with Crippen LogP contribution in [-0.4, -0.2) is 26.5 Å². The second-order valence-electron chi connectivity index (χ2n) is 4.05. The van der Waals surface area contributed by atoms with Crippen molar-refractivity contribution in [1.29, 1.82) is 0 Å². The minimum absolute atomic E-state index is 0.0676. The van der Waals surface area contributed by atoms with Gasteiger partial charge in [0.15, 0.2) is 0 Å². The molecule has 0 aliphatic heterocycles. The molecule has 0 bridgehead atoms. The van der Waals surface area contributed by atoms with Crippen LogP contribution >= 0.6 is 9.47 Å². The van der Waals surface area contributed by atoms with E-state index in [2.05, 4.69) is 17.3 Å². The average Bonchev–Trinajstić information content (AvgIpc) is 2.47. The molecule has 0 amide bonds. The van der Waals surface area contributed by atoms with Gasteiger partial charge in [0.25, 0.3) is 0 Å². The Labute approximate surface area is 88.6 Å². The van der Waals surface area contributed by atoms with E-state index in [4.69, 9.17) is 9.26 Å². The maximum atomic E-state index is 11.2. The van der Waals surface area contributed by atoms with Crippen LogP contribution in [0.3, 0.4) is 0 Å². The molecule has 1 aliphatic rings. The molecule has 1 fully saturated rings. The highest BCUT2D eigenvalue weighted by Crippen LogP contribution is 2.36. The average molecular weight is 216 g/mol. The number of rotatable bonds is 4. The largest absolute Gasteiger partial charge is 0.462 e. The normalized spacial score (nSPS) is 31.7. The Kier molecular flexibility index (Phi) is 4.90. The maximum Gasteiger partial charge on any atom is 0.305 e. The first-order chi connectivity index (χ1) is 6.67. The number of esters is 1. The van der Waals surface area contributed by atoms with Crippen LogP contribution in [0.4, 0.5) is 0 Å². The zero-order valence-electron chi connectivity index (χ0n) is 8.86. The summed E-state index contributed by atoms with van der Waals surface area (Å²) in [5.41, 5.74) is 0. The van der Waals surface area contributed by atoms with Gasteiger partial charge >= 0.3 is 5.97 Å². The van der Waals surface area contributed by atoms with Gasteiger partial charge in [-0.1, -0.05) is 12.7 Å². The molecule has 5 heteroatoms. The molecule has 0 radical (unpaired) electrons. The molecule has 0 N–H and O–H groups in total. The van der Waals surface area contributed by atoms with Crippen molar-refractivity contribution >= 4 is 23.3 Å². The van der Waals surface area contributed by atoms with Gasteiger partial charge in [-0.25, -0.2) is 0 Å². The number of hydrogen-bond donors (Lipinski definition) is 0. The predicted molar refractivity (Wildman–Crippen MR) is 60.9 cm³/mol. The molecule has 0 aromatic rings. The molecule has 3 nitrogen and oxygen atoms in total. The molecule has 80 valence electrons. The summed E-state index contributed by atoms with van der Waals surface area (Å²) in [7, 11) is 4.44. The van der Waals surface area contributed by atoms with E-state index in [9.17, 15) is 4.79 Å². The van der Waals surface area contributed by atoms with E-state index in [-0.39, 0.29) is 12.1 Å². The van der Waals surface area contributed by atoms with Gasteiger partial charge in [0.05, 0.1) is 6.61 Å². The summed E-state index contributed by atoms with van der Waals surface area (Å²) >= 11 is 0. The van der Waals surface area contributed by atoms with Crippen molar-refractivity contribution in [2.24, 2.45) is 5.92 Å². The monoisotopic (exact) mass is 216 g/mol. The molecule has 1 aliphatic carbocycles. The Balaban J connectivity index is 2.44. The van der Waals surface area contributed by atoms with E-state index in [0.29, 0.717) is 24.8 Å². The van der Waals surface area contributed by atoms with Crippen LogP contribution in [-0.2, 0) is 14.1 Å². The quantitative estimate of drug-likeness (QED) is 0.398. The number of hydrogen-bond acceptors (Lipinski definition) is 3. The third-order valence-electron chi connectivity index (χ3n) is 2.75. The molecular formula is C9H18BO3P. The minimum Gasteiger partial charge on any atom is -0.462 e. The van der Waals surface area contributed by atoms with Gasteiger partial charge in [0.1, 0.15) is 14.0 Å². The van der Waals surface area contributed by atoms with Crippen molar-refractivity contribution in [2.45, 2.75) is 38.1 Å². The predicted octanol–water partition coefficient (Wildman–Crippen LogP) is 0.946. The van der Waals surface area contributed by atoms with Gasteiger partial charge in [-0.15, -0.1) is 0 Å². The fraction of sp³-hybridized carbons (Fsp3) is 0.889. The molecule has 4 atom stereocenters. The molecule has 14 heavy (non-hydrogen) atoms. The van der Waals surface area contributed by atoms with Crippen molar-refractivity contribution < 1.29 is 14.1 Å². The van der Waals surface area contributed by atoms with Crippen LogP contribution in [0.1, 0.15) is 26.2 Å². The van der Waals surface area contributed by atoms with Gasteiger partial charge in [-0.05, 0) is 12.8 Å². The van der Waals surface area contributed by atoms with E-state index < -0.39 is 0 Å². The Morgan fingerprint density at radius 3 is 2.86 bits per heavy atom. The van der Waals surface area contributed by atoms with Crippen LogP contribution in [0.5, 0.6) is 0 Å². The van der Waals surface area contributed by atoms with Gasteiger partial charge in [-0.3, -0.25) is 4.79 Å². The molecule has 0 aromatic carbocycles. The standard InChI is InChI=1S/C9H18BO3P/c1-2-9(11)13-8-4-7(10)3-6(8)5-12-14/h6-8H,2-5,10,14H2,1H3/t6-,7-,8-/m0/s1. The Morgan fingerprint density at radius 2 is 2.29 bits per heavy atom. The van der Waals surface area contributed by atoms with Crippen LogP contribution in [0.25, 0.3) is 0 Å². The van der Waals surface area contributed by atoms with Crippen molar-refractivity contribution in [3.05, 3.63) is 0 Å². The van der Waals surface area contributed by atoms with Gasteiger partial charge in [0.2, 0.25) is 0 Å². The molecule has 0 saturated heterocycles. The van der Waals surface area contributed by atoms with Crippen molar-refractivity contribution in [1.82, 2.24) is 0 Å². The summed E-state index contributed by atoms with van der Waals surface area (Å²) in [4.78, 5) is 11.2. The molecule has 0 spiro atoms. The van der Waals surface area contributed by atoms with Gasteiger partial charge < -0.3 is 9.26 Å². The topological polar surface area (TPSA) is 35.5 Å². The molecule has 1 saturated carbocycles. The van der Waals surface area contributed by atoms with Crippen molar-refractivity contribution in [3.63, 3.8) is 0 Å². The molecular weight excluding hydrogens is 198 g/mol. The first-order valence-corrected chi connectivity index (χ1v) is 5.65. The lowest BCUT2D eigenvalue weighted by Crippen LogP contribution is -2.24. The van der Waals surface area contributed by atoms with Crippen LogP contribution in [0, 0.1) is 5.92 Å². The number of ether oxygens (including phenoxy) is 1. The zero-order chi connectivity index (χ0) is 10.6. The number of carbonyl (C=O) groups excluding carboxylic acids is 1. The van der Waals surface area contributed by atoms with Crippen molar-refractivity contribution in [3.8, 4) is 0 Å². The summed E-state index contributed by atoms with van der Waals surface area (Å²) in [5.74, 6) is 0.908. The van der Waals surface area contributed by atoms with Crippen LogP contribution in [0.15, 0.2) is 0 Å². The lowest BCUT2D eigenvalue weighted by molar-refractivity contribution is -0.150. The van der Waals surface area contributed by atoms with Crippen molar-refractivity contribution in [2.75, 3.05) is 6.61 Å². The Hall–Kier alpha value is -0.0751. The number of carbonyl (C=O) groups is 1. The molecule has 1 unspecified atom stereocenters. The second-order valence-corrected chi connectivity index (χ2v) is 4.39. The second kappa shape index (κ2) is 5.72. The van der Waals surface area contributed by atoms with E-state index >= 15 is 0 Å². The first-order valence-electron chi connectivity index (χ1n) is 5.18. The highest BCUT2D eigenvalue weighted by molar-refractivity contribution is 7.09. The van der Waals surface area contributed by atoms with Gasteiger partial charge in [-0.2, -0.15) is 0 Å². The minimum atomic E-state index is -0.0992. The molecule has 0 heterocycles. The molecule has 1 rings (SSSR count). The fourth-order valence-electron chi connectivity index (χ4n) is 2.05. The highest BCUT2D eigenvalue weighted by Gasteiger charge is 2.34. The summed E-state index contributed by atoms with van der Waals surface area (Å²) in [6.07, 6.45) is 2.60. The zero-order valence-corrected chi connectivity index (χ0v) is 10.0. The smallest absolute Gasteiger partial charge is 0.305 e. The Bertz CT molecular complexity index is 200. The lowest BCUT2D eigenvalue weighted by Gasteiger charge is -2.18. The first kappa shape index (κ1) is 12.0. The summed E-state index contributed by atoms with van der Waals surface area (Å²) in [6.45, 7) is 2.48. The Morgan fingerprint density at radius 1 is 1.57 bits per heavy atom. The van der Waals surface area contributed by atoms with Crippen LogP contribution in [0.2, 0.25) is 5.82 Å². The summed E-state index contributed by atoms with van der Waals surface area (Å²) in [5, 5.41) is 0.